The van der Waals surface area contributed by atoms with Crippen LogP contribution >= 0.6 is 11.6 Å². The van der Waals surface area contributed by atoms with Crippen LogP contribution in [0, 0.1) is 0 Å². The SMILES string of the molecule is O=c1cc(CCc2ccc(-c3nc4ccc(Cl)cc4[nH]3)cc2)c2cccnc2[nH]1. The lowest BCUT2D eigenvalue weighted by Gasteiger charge is -2.06. The predicted octanol–water partition coefficient (Wildman–Crippen LogP) is 4.91. The van der Waals surface area contributed by atoms with Gasteiger partial charge in [-0.25, -0.2) is 9.97 Å². The number of rotatable bonds is 4. The number of hydrogen-bond donors (Lipinski definition) is 2. The van der Waals surface area contributed by atoms with Crippen LogP contribution in [0.5, 0.6) is 0 Å². The molecular formula is C23H17ClN4O. The monoisotopic (exact) mass is 400 g/mol. The molecule has 2 N–H and O–H groups in total. The topological polar surface area (TPSA) is 74.4 Å². The molecule has 0 bridgehead atoms. The molecular weight excluding hydrogens is 384 g/mol. The van der Waals surface area contributed by atoms with E-state index in [-0.39, 0.29) is 5.56 Å². The van der Waals surface area contributed by atoms with Crippen LogP contribution in [0.25, 0.3) is 33.5 Å². The molecule has 0 aliphatic carbocycles. The Labute approximate surface area is 171 Å². The van der Waals surface area contributed by atoms with E-state index in [1.165, 1.54) is 5.56 Å². The molecule has 0 saturated carbocycles. The number of imidazole rings is 1. The highest BCUT2D eigenvalue weighted by molar-refractivity contribution is 6.31. The van der Waals surface area contributed by atoms with Gasteiger partial charge in [-0.2, -0.15) is 0 Å². The number of halogens is 1. The molecule has 0 aliphatic rings. The first-order valence-electron chi connectivity index (χ1n) is 9.37. The zero-order valence-corrected chi connectivity index (χ0v) is 16.2. The lowest BCUT2D eigenvalue weighted by Crippen LogP contribution is -2.08. The Bertz CT molecular complexity index is 1390. The van der Waals surface area contributed by atoms with E-state index in [9.17, 15) is 4.79 Å². The van der Waals surface area contributed by atoms with E-state index in [1.54, 1.807) is 12.3 Å². The number of pyridine rings is 2. The van der Waals surface area contributed by atoms with Crippen molar-refractivity contribution in [1.82, 2.24) is 19.9 Å². The summed E-state index contributed by atoms with van der Waals surface area (Å²) in [5.74, 6) is 0.820. The summed E-state index contributed by atoms with van der Waals surface area (Å²) in [6.45, 7) is 0. The third-order valence-corrected chi connectivity index (χ3v) is 5.29. The summed E-state index contributed by atoms with van der Waals surface area (Å²) in [7, 11) is 0. The van der Waals surface area contributed by atoms with Crippen molar-refractivity contribution >= 4 is 33.7 Å². The number of aromatic amines is 2. The summed E-state index contributed by atoms with van der Waals surface area (Å²) in [6.07, 6.45) is 3.30. The van der Waals surface area contributed by atoms with Gasteiger partial charge in [0.2, 0.25) is 5.56 Å². The third kappa shape index (κ3) is 3.52. The molecule has 0 amide bonds. The van der Waals surface area contributed by atoms with Gasteiger partial charge in [0.15, 0.2) is 0 Å². The van der Waals surface area contributed by atoms with Gasteiger partial charge < -0.3 is 9.97 Å². The Hall–Kier alpha value is -3.44. The van der Waals surface area contributed by atoms with Crippen molar-refractivity contribution in [2.75, 3.05) is 0 Å². The minimum atomic E-state index is -0.119. The van der Waals surface area contributed by atoms with E-state index in [0.29, 0.717) is 10.7 Å². The van der Waals surface area contributed by atoms with Crippen LogP contribution in [0.3, 0.4) is 0 Å². The summed E-state index contributed by atoms with van der Waals surface area (Å²) in [5.41, 5.74) is 5.56. The van der Waals surface area contributed by atoms with Crippen LogP contribution in [-0.4, -0.2) is 19.9 Å². The van der Waals surface area contributed by atoms with Gasteiger partial charge in [0.25, 0.3) is 0 Å². The highest BCUT2D eigenvalue weighted by Crippen LogP contribution is 2.23. The standard InChI is InChI=1S/C23H17ClN4O/c24-17-9-10-19-20(13-17)27-22(26-19)15-6-3-14(4-7-15)5-8-16-12-21(29)28-23-18(16)2-1-11-25-23/h1-4,6-7,9-13H,5,8H2,(H,26,27)(H,25,28,29). The Morgan fingerprint density at radius 3 is 2.66 bits per heavy atom. The fraction of sp³-hybridized carbons (Fsp3) is 0.0870. The highest BCUT2D eigenvalue weighted by atomic mass is 35.5. The van der Waals surface area contributed by atoms with Gasteiger partial charge in [-0.15, -0.1) is 0 Å². The normalized spacial score (nSPS) is 11.3. The molecule has 0 atom stereocenters. The zero-order valence-electron chi connectivity index (χ0n) is 15.4. The second kappa shape index (κ2) is 7.18. The first kappa shape index (κ1) is 17.6. The average Bonchev–Trinajstić information content (AvgIpc) is 3.15. The maximum Gasteiger partial charge on any atom is 0.249 e. The molecule has 0 unspecified atom stereocenters. The molecule has 5 nitrogen and oxygen atoms in total. The fourth-order valence-corrected chi connectivity index (χ4v) is 3.76. The van der Waals surface area contributed by atoms with Crippen LogP contribution in [0.15, 0.2) is 71.7 Å². The van der Waals surface area contributed by atoms with E-state index >= 15 is 0 Å². The van der Waals surface area contributed by atoms with Crippen molar-refractivity contribution in [3.05, 3.63) is 93.4 Å². The summed E-state index contributed by atoms with van der Waals surface area (Å²) in [5, 5.41) is 1.68. The molecule has 0 saturated heterocycles. The molecule has 3 aromatic heterocycles. The number of aromatic nitrogens is 4. The van der Waals surface area contributed by atoms with Gasteiger partial charge in [-0.1, -0.05) is 35.9 Å². The van der Waals surface area contributed by atoms with Crippen molar-refractivity contribution in [2.24, 2.45) is 0 Å². The van der Waals surface area contributed by atoms with Crippen LogP contribution in [0.4, 0.5) is 0 Å². The number of hydrogen-bond acceptors (Lipinski definition) is 3. The van der Waals surface area contributed by atoms with Gasteiger partial charge in [0.05, 0.1) is 11.0 Å². The second-order valence-corrected chi connectivity index (χ2v) is 7.44. The summed E-state index contributed by atoms with van der Waals surface area (Å²) < 4.78 is 0. The molecule has 29 heavy (non-hydrogen) atoms. The van der Waals surface area contributed by atoms with E-state index in [4.69, 9.17) is 11.6 Å². The number of aryl methyl sites for hydroxylation is 2. The number of nitrogens with one attached hydrogen (secondary N) is 2. The molecule has 3 heterocycles. The maximum absolute atomic E-state index is 11.9. The number of fused-ring (bicyclic) bond motifs is 2. The lowest BCUT2D eigenvalue weighted by atomic mass is 10.0. The minimum absolute atomic E-state index is 0.119. The summed E-state index contributed by atoms with van der Waals surface area (Å²) >= 11 is 6.05. The summed E-state index contributed by atoms with van der Waals surface area (Å²) in [4.78, 5) is 26.9. The molecule has 0 radical (unpaired) electrons. The number of nitrogens with zero attached hydrogens (tertiary/aromatic N) is 2. The third-order valence-electron chi connectivity index (χ3n) is 5.05. The van der Waals surface area contributed by atoms with Crippen LogP contribution in [0.1, 0.15) is 11.1 Å². The minimum Gasteiger partial charge on any atom is -0.338 e. The largest absolute Gasteiger partial charge is 0.338 e. The Morgan fingerprint density at radius 1 is 0.931 bits per heavy atom. The first-order chi connectivity index (χ1) is 14.2. The van der Waals surface area contributed by atoms with Crippen LogP contribution in [0.2, 0.25) is 5.02 Å². The molecule has 0 fully saturated rings. The van der Waals surface area contributed by atoms with Gasteiger partial charge in [-0.3, -0.25) is 4.79 Å². The predicted molar refractivity (Wildman–Crippen MR) is 116 cm³/mol. The van der Waals surface area contributed by atoms with Crippen molar-refractivity contribution < 1.29 is 0 Å². The Kier molecular flexibility index (Phi) is 4.37. The highest BCUT2D eigenvalue weighted by Gasteiger charge is 2.07. The second-order valence-electron chi connectivity index (χ2n) is 7.00. The van der Waals surface area contributed by atoms with Crippen LogP contribution in [-0.2, 0) is 12.8 Å². The van der Waals surface area contributed by atoms with E-state index < -0.39 is 0 Å². The Balaban J connectivity index is 1.37. The molecule has 0 spiro atoms. The van der Waals surface area contributed by atoms with Crippen molar-refractivity contribution in [2.45, 2.75) is 12.8 Å². The summed E-state index contributed by atoms with van der Waals surface area (Å²) in [6, 6.07) is 19.5. The van der Waals surface area contributed by atoms with Crippen molar-refractivity contribution in [3.8, 4) is 11.4 Å². The van der Waals surface area contributed by atoms with Gasteiger partial charge in [0, 0.05) is 28.2 Å². The molecule has 5 aromatic rings. The fourth-order valence-electron chi connectivity index (χ4n) is 3.59. The van der Waals surface area contributed by atoms with Crippen molar-refractivity contribution in [1.29, 1.82) is 0 Å². The van der Waals surface area contributed by atoms with E-state index in [2.05, 4.69) is 44.2 Å². The van der Waals surface area contributed by atoms with E-state index in [0.717, 1.165) is 46.2 Å². The molecule has 2 aromatic carbocycles. The van der Waals surface area contributed by atoms with E-state index in [1.807, 2.05) is 30.3 Å². The first-order valence-corrected chi connectivity index (χ1v) is 9.75. The molecule has 142 valence electrons. The number of benzene rings is 2. The van der Waals surface area contributed by atoms with Gasteiger partial charge >= 0.3 is 0 Å². The smallest absolute Gasteiger partial charge is 0.249 e. The lowest BCUT2D eigenvalue weighted by molar-refractivity contribution is 0.962. The Morgan fingerprint density at radius 2 is 1.79 bits per heavy atom. The average molecular weight is 401 g/mol. The van der Waals surface area contributed by atoms with Crippen LogP contribution < -0.4 is 5.56 Å². The molecule has 0 aliphatic heterocycles. The molecule has 5 rings (SSSR count). The maximum atomic E-state index is 11.9. The van der Waals surface area contributed by atoms with Gasteiger partial charge in [-0.05, 0) is 54.3 Å². The zero-order chi connectivity index (χ0) is 19.8. The molecule has 6 heteroatoms. The van der Waals surface area contributed by atoms with Crippen molar-refractivity contribution in [3.63, 3.8) is 0 Å². The van der Waals surface area contributed by atoms with Gasteiger partial charge in [0.1, 0.15) is 11.5 Å². The number of H-pyrrole nitrogens is 2. The quantitative estimate of drug-likeness (QED) is 0.450.